The summed E-state index contributed by atoms with van der Waals surface area (Å²) in [5.41, 5.74) is 2.13. The summed E-state index contributed by atoms with van der Waals surface area (Å²) in [5, 5.41) is 15.9. The molecule has 0 saturated carbocycles. The van der Waals surface area contributed by atoms with Gasteiger partial charge in [0, 0.05) is 16.6 Å². The van der Waals surface area contributed by atoms with Gasteiger partial charge in [-0.05, 0) is 12.5 Å². The molecule has 3 aromatic rings. The van der Waals surface area contributed by atoms with E-state index in [-0.39, 0.29) is 5.78 Å². The van der Waals surface area contributed by atoms with Gasteiger partial charge >= 0.3 is 0 Å². The van der Waals surface area contributed by atoms with E-state index in [1.807, 2.05) is 24.4 Å². The standard InChI is InChI=1S/C16H13N5OS/c1-11-8-23-16(20-11)14(6-17)15(22)13-5-3-2-4-12(13)7-21-10-18-9-19-21/h2-5,8-10,14H,7H2,1H3/t14-/m0/s1. The van der Waals surface area contributed by atoms with Crippen LogP contribution in [0, 0.1) is 18.3 Å². The van der Waals surface area contributed by atoms with Crippen LogP contribution in [0.4, 0.5) is 0 Å². The number of hydrogen-bond acceptors (Lipinski definition) is 6. The maximum atomic E-state index is 12.8. The van der Waals surface area contributed by atoms with Crippen LogP contribution >= 0.6 is 11.3 Å². The predicted octanol–water partition coefficient (Wildman–Crippen LogP) is 2.58. The van der Waals surface area contributed by atoms with Crippen molar-refractivity contribution in [1.82, 2.24) is 19.7 Å². The van der Waals surface area contributed by atoms with Gasteiger partial charge in [0.2, 0.25) is 0 Å². The van der Waals surface area contributed by atoms with Gasteiger partial charge < -0.3 is 0 Å². The third-order valence-corrected chi connectivity index (χ3v) is 4.38. The molecule has 1 aromatic carbocycles. The van der Waals surface area contributed by atoms with E-state index in [0.717, 1.165) is 11.3 Å². The van der Waals surface area contributed by atoms with Crippen molar-refractivity contribution in [2.75, 3.05) is 0 Å². The second kappa shape index (κ2) is 6.50. The summed E-state index contributed by atoms with van der Waals surface area (Å²) in [4.78, 5) is 21.0. The molecule has 0 aliphatic rings. The van der Waals surface area contributed by atoms with Gasteiger partial charge in [0.15, 0.2) is 11.7 Å². The molecule has 0 fully saturated rings. The SMILES string of the molecule is Cc1csc([C@@H](C#N)C(=O)c2ccccc2Cn2cncn2)n1. The molecule has 2 heterocycles. The number of nitriles is 1. The second-order valence-electron chi connectivity index (χ2n) is 5.00. The highest BCUT2D eigenvalue weighted by Crippen LogP contribution is 2.25. The lowest BCUT2D eigenvalue weighted by Crippen LogP contribution is -2.15. The van der Waals surface area contributed by atoms with Gasteiger partial charge in [-0.1, -0.05) is 24.3 Å². The maximum absolute atomic E-state index is 12.8. The minimum absolute atomic E-state index is 0.238. The molecule has 7 heteroatoms. The molecule has 6 nitrogen and oxygen atoms in total. The van der Waals surface area contributed by atoms with Crippen LogP contribution < -0.4 is 0 Å². The molecule has 23 heavy (non-hydrogen) atoms. The van der Waals surface area contributed by atoms with Gasteiger partial charge in [0.1, 0.15) is 17.7 Å². The van der Waals surface area contributed by atoms with Gasteiger partial charge in [-0.3, -0.25) is 4.79 Å². The fourth-order valence-electron chi connectivity index (χ4n) is 2.27. The average molecular weight is 323 g/mol. The third-order valence-electron chi connectivity index (χ3n) is 3.36. The first-order chi connectivity index (χ1) is 11.2. The van der Waals surface area contributed by atoms with Crippen molar-refractivity contribution in [2.24, 2.45) is 0 Å². The zero-order valence-corrected chi connectivity index (χ0v) is 13.2. The molecule has 3 rings (SSSR count). The molecule has 0 aliphatic heterocycles. The highest BCUT2D eigenvalue weighted by atomic mass is 32.1. The van der Waals surface area contributed by atoms with E-state index in [2.05, 4.69) is 21.1 Å². The summed E-state index contributed by atoms with van der Waals surface area (Å²) >= 11 is 1.33. The summed E-state index contributed by atoms with van der Waals surface area (Å²) in [7, 11) is 0. The van der Waals surface area contributed by atoms with Gasteiger partial charge in [-0.25, -0.2) is 14.6 Å². The Morgan fingerprint density at radius 2 is 2.26 bits per heavy atom. The van der Waals surface area contributed by atoms with E-state index in [1.54, 1.807) is 23.1 Å². The fourth-order valence-corrected chi connectivity index (χ4v) is 3.11. The van der Waals surface area contributed by atoms with Gasteiger partial charge in [-0.15, -0.1) is 11.3 Å². The molecule has 114 valence electrons. The molecule has 0 unspecified atom stereocenters. The number of benzene rings is 1. The van der Waals surface area contributed by atoms with Crippen molar-refractivity contribution in [3.05, 3.63) is 64.1 Å². The van der Waals surface area contributed by atoms with E-state index >= 15 is 0 Å². The summed E-state index contributed by atoms with van der Waals surface area (Å²) in [5.74, 6) is -1.12. The number of rotatable bonds is 5. The lowest BCUT2D eigenvalue weighted by Gasteiger charge is -2.10. The topological polar surface area (TPSA) is 84.5 Å². The number of aryl methyl sites for hydroxylation is 1. The van der Waals surface area contributed by atoms with Crippen molar-refractivity contribution in [3.8, 4) is 6.07 Å². The Labute approximate surface area is 137 Å². The number of Topliss-reactive ketones (excluding diaryl/α,β-unsaturated/α-hetero) is 1. The molecular weight excluding hydrogens is 310 g/mol. The lowest BCUT2D eigenvalue weighted by atomic mass is 9.95. The zero-order valence-electron chi connectivity index (χ0n) is 12.4. The van der Waals surface area contributed by atoms with Crippen LogP contribution in [0.3, 0.4) is 0 Å². The summed E-state index contributed by atoms with van der Waals surface area (Å²) in [6.07, 6.45) is 3.04. The first kappa shape index (κ1) is 15.1. The molecule has 2 aromatic heterocycles. The summed E-state index contributed by atoms with van der Waals surface area (Å²) in [6, 6.07) is 9.32. The molecule has 0 saturated heterocycles. The molecule has 0 amide bonds. The number of carbonyl (C=O) groups is 1. The maximum Gasteiger partial charge on any atom is 0.187 e. The Hall–Kier alpha value is -2.85. The first-order valence-electron chi connectivity index (χ1n) is 6.95. The predicted molar refractivity (Wildman–Crippen MR) is 85.1 cm³/mol. The average Bonchev–Trinajstić information content (AvgIpc) is 3.20. The highest BCUT2D eigenvalue weighted by molar-refractivity contribution is 7.10. The summed E-state index contributed by atoms with van der Waals surface area (Å²) in [6.45, 7) is 2.27. The van der Waals surface area contributed by atoms with Crippen molar-refractivity contribution >= 4 is 17.1 Å². The number of thiazole rings is 1. The monoisotopic (exact) mass is 323 g/mol. The van der Waals surface area contributed by atoms with E-state index in [9.17, 15) is 10.1 Å². The molecule has 0 N–H and O–H groups in total. The van der Waals surface area contributed by atoms with Crippen molar-refractivity contribution in [1.29, 1.82) is 5.26 Å². The Kier molecular flexibility index (Phi) is 4.26. The molecular formula is C16H13N5OS. The summed E-state index contributed by atoms with van der Waals surface area (Å²) < 4.78 is 1.64. The lowest BCUT2D eigenvalue weighted by molar-refractivity contribution is 0.0977. The first-order valence-corrected chi connectivity index (χ1v) is 7.83. The van der Waals surface area contributed by atoms with E-state index in [1.165, 1.54) is 17.7 Å². The van der Waals surface area contributed by atoms with Crippen LogP contribution in [0.5, 0.6) is 0 Å². The largest absolute Gasteiger partial charge is 0.292 e. The van der Waals surface area contributed by atoms with Crippen LogP contribution in [0.1, 0.15) is 32.5 Å². The molecule has 0 bridgehead atoms. The van der Waals surface area contributed by atoms with E-state index in [0.29, 0.717) is 17.1 Å². The van der Waals surface area contributed by atoms with E-state index < -0.39 is 5.92 Å². The van der Waals surface area contributed by atoms with Crippen molar-refractivity contribution in [3.63, 3.8) is 0 Å². The number of aromatic nitrogens is 4. The zero-order chi connectivity index (χ0) is 16.2. The number of hydrogen-bond donors (Lipinski definition) is 0. The van der Waals surface area contributed by atoms with Crippen molar-refractivity contribution < 1.29 is 4.79 Å². The van der Waals surface area contributed by atoms with Crippen LogP contribution in [0.15, 0.2) is 42.3 Å². The Morgan fingerprint density at radius 3 is 2.91 bits per heavy atom. The smallest absolute Gasteiger partial charge is 0.187 e. The number of carbonyl (C=O) groups excluding carboxylic acids is 1. The minimum Gasteiger partial charge on any atom is -0.292 e. The third kappa shape index (κ3) is 3.17. The van der Waals surface area contributed by atoms with Crippen LogP contribution in [0.2, 0.25) is 0 Å². The normalized spacial score (nSPS) is 11.8. The number of ketones is 1. The Morgan fingerprint density at radius 1 is 1.43 bits per heavy atom. The molecule has 0 radical (unpaired) electrons. The quantitative estimate of drug-likeness (QED) is 0.674. The fraction of sp³-hybridized carbons (Fsp3) is 0.188. The van der Waals surface area contributed by atoms with Gasteiger partial charge in [0.25, 0.3) is 0 Å². The van der Waals surface area contributed by atoms with Crippen LogP contribution in [-0.4, -0.2) is 25.5 Å². The van der Waals surface area contributed by atoms with Crippen LogP contribution in [0.25, 0.3) is 0 Å². The van der Waals surface area contributed by atoms with Gasteiger partial charge in [-0.2, -0.15) is 10.4 Å². The second-order valence-corrected chi connectivity index (χ2v) is 5.89. The van der Waals surface area contributed by atoms with Gasteiger partial charge in [0.05, 0.1) is 12.6 Å². The molecule has 1 atom stereocenters. The molecule has 0 spiro atoms. The Balaban J connectivity index is 1.94. The van der Waals surface area contributed by atoms with E-state index in [4.69, 9.17) is 0 Å². The van der Waals surface area contributed by atoms with Crippen molar-refractivity contribution in [2.45, 2.75) is 19.4 Å². The van der Waals surface area contributed by atoms with Crippen LogP contribution in [-0.2, 0) is 6.54 Å². The highest BCUT2D eigenvalue weighted by Gasteiger charge is 2.26. The number of nitrogens with zero attached hydrogens (tertiary/aromatic N) is 5. The minimum atomic E-state index is -0.884. The molecule has 0 aliphatic carbocycles. The Bertz CT molecular complexity index is 863.